The summed E-state index contributed by atoms with van der Waals surface area (Å²) < 4.78 is 5.50. The van der Waals surface area contributed by atoms with E-state index in [0.717, 1.165) is 32.0 Å². The van der Waals surface area contributed by atoms with Crippen LogP contribution in [0.25, 0.3) is 0 Å². The SMILES string of the molecule is CC1CCN(C(=O)C2CNCCO2)CC1C. The molecule has 4 nitrogen and oxygen atoms in total. The molecule has 0 aromatic rings. The zero-order valence-electron chi connectivity index (χ0n) is 10.2. The van der Waals surface area contributed by atoms with Crippen molar-refractivity contribution in [1.29, 1.82) is 0 Å². The molecule has 0 spiro atoms. The highest BCUT2D eigenvalue weighted by atomic mass is 16.5. The fourth-order valence-electron chi connectivity index (χ4n) is 2.39. The Morgan fingerprint density at radius 2 is 2.19 bits per heavy atom. The minimum Gasteiger partial charge on any atom is -0.366 e. The largest absolute Gasteiger partial charge is 0.366 e. The van der Waals surface area contributed by atoms with E-state index >= 15 is 0 Å². The number of carbonyl (C=O) groups is 1. The summed E-state index contributed by atoms with van der Waals surface area (Å²) in [5, 5.41) is 3.20. The van der Waals surface area contributed by atoms with E-state index in [9.17, 15) is 4.79 Å². The molecule has 0 bridgehead atoms. The predicted molar refractivity (Wildman–Crippen MR) is 62.1 cm³/mol. The topological polar surface area (TPSA) is 41.6 Å². The number of ether oxygens (including phenoxy) is 1. The smallest absolute Gasteiger partial charge is 0.253 e. The molecule has 2 fully saturated rings. The van der Waals surface area contributed by atoms with E-state index in [1.54, 1.807) is 0 Å². The van der Waals surface area contributed by atoms with Gasteiger partial charge in [0.1, 0.15) is 6.10 Å². The zero-order valence-corrected chi connectivity index (χ0v) is 10.2. The third kappa shape index (κ3) is 2.55. The van der Waals surface area contributed by atoms with E-state index in [4.69, 9.17) is 4.74 Å². The van der Waals surface area contributed by atoms with Gasteiger partial charge in [-0.15, -0.1) is 0 Å². The van der Waals surface area contributed by atoms with E-state index in [-0.39, 0.29) is 12.0 Å². The summed E-state index contributed by atoms with van der Waals surface area (Å²) >= 11 is 0. The number of carbonyl (C=O) groups excluding carboxylic acids is 1. The fourth-order valence-corrected chi connectivity index (χ4v) is 2.39. The number of morpholine rings is 1. The van der Waals surface area contributed by atoms with Crippen LogP contribution in [0.1, 0.15) is 20.3 Å². The number of nitrogens with one attached hydrogen (secondary N) is 1. The lowest BCUT2D eigenvalue weighted by atomic mass is 9.88. The van der Waals surface area contributed by atoms with E-state index in [1.807, 2.05) is 4.90 Å². The Hall–Kier alpha value is -0.610. The van der Waals surface area contributed by atoms with Crippen LogP contribution in [0.4, 0.5) is 0 Å². The van der Waals surface area contributed by atoms with Crippen molar-refractivity contribution in [1.82, 2.24) is 10.2 Å². The second kappa shape index (κ2) is 5.15. The summed E-state index contributed by atoms with van der Waals surface area (Å²) in [5.74, 6) is 1.51. The van der Waals surface area contributed by atoms with Gasteiger partial charge in [-0.1, -0.05) is 13.8 Å². The molecule has 3 unspecified atom stereocenters. The van der Waals surface area contributed by atoms with Gasteiger partial charge in [0, 0.05) is 26.2 Å². The lowest BCUT2D eigenvalue weighted by molar-refractivity contribution is -0.147. The minimum absolute atomic E-state index is 0.172. The van der Waals surface area contributed by atoms with Crippen LogP contribution in [0, 0.1) is 11.8 Å². The van der Waals surface area contributed by atoms with Crippen LogP contribution in [-0.4, -0.2) is 49.7 Å². The quantitative estimate of drug-likeness (QED) is 0.707. The molecular weight excluding hydrogens is 204 g/mol. The molecule has 2 rings (SSSR count). The third-order valence-electron chi connectivity index (χ3n) is 3.85. The standard InChI is InChI=1S/C12H22N2O2/c1-9-3-5-14(8-10(9)2)12(15)11-7-13-4-6-16-11/h9-11,13H,3-8H2,1-2H3. The molecule has 16 heavy (non-hydrogen) atoms. The molecule has 0 aliphatic carbocycles. The highest BCUT2D eigenvalue weighted by molar-refractivity contribution is 5.81. The summed E-state index contributed by atoms with van der Waals surface area (Å²) in [7, 11) is 0. The van der Waals surface area contributed by atoms with Crippen LogP contribution < -0.4 is 5.32 Å². The Labute approximate surface area is 97.3 Å². The molecular formula is C12H22N2O2. The number of piperidine rings is 1. The van der Waals surface area contributed by atoms with Gasteiger partial charge in [0.25, 0.3) is 5.91 Å². The molecule has 0 radical (unpaired) electrons. The Balaban J connectivity index is 1.89. The highest BCUT2D eigenvalue weighted by Gasteiger charge is 2.31. The average molecular weight is 226 g/mol. The van der Waals surface area contributed by atoms with Gasteiger partial charge >= 0.3 is 0 Å². The van der Waals surface area contributed by atoms with Crippen molar-refractivity contribution in [2.45, 2.75) is 26.4 Å². The number of rotatable bonds is 1. The summed E-state index contributed by atoms with van der Waals surface area (Å²) in [6.07, 6.45) is 0.863. The average Bonchev–Trinajstić information content (AvgIpc) is 2.33. The zero-order chi connectivity index (χ0) is 11.5. The Kier molecular flexibility index (Phi) is 3.82. The second-order valence-electron chi connectivity index (χ2n) is 5.09. The van der Waals surface area contributed by atoms with Gasteiger partial charge in [0.05, 0.1) is 6.61 Å². The second-order valence-corrected chi connectivity index (χ2v) is 5.09. The number of amides is 1. The minimum atomic E-state index is -0.255. The molecule has 2 aliphatic heterocycles. The van der Waals surface area contributed by atoms with Crippen molar-refractivity contribution in [2.24, 2.45) is 11.8 Å². The number of hydrogen-bond donors (Lipinski definition) is 1. The third-order valence-corrected chi connectivity index (χ3v) is 3.85. The van der Waals surface area contributed by atoms with Crippen molar-refractivity contribution in [3.63, 3.8) is 0 Å². The number of hydrogen-bond acceptors (Lipinski definition) is 3. The van der Waals surface area contributed by atoms with Gasteiger partial charge in [-0.25, -0.2) is 0 Å². The Morgan fingerprint density at radius 1 is 1.38 bits per heavy atom. The van der Waals surface area contributed by atoms with Crippen LogP contribution >= 0.6 is 0 Å². The Bertz CT molecular complexity index is 251. The Morgan fingerprint density at radius 3 is 2.81 bits per heavy atom. The first-order chi connectivity index (χ1) is 7.68. The van der Waals surface area contributed by atoms with Crippen LogP contribution in [-0.2, 0) is 9.53 Å². The first-order valence-corrected chi connectivity index (χ1v) is 6.29. The van der Waals surface area contributed by atoms with Crippen molar-refractivity contribution >= 4 is 5.91 Å². The molecule has 2 heterocycles. The fraction of sp³-hybridized carbons (Fsp3) is 0.917. The maximum absolute atomic E-state index is 12.2. The summed E-state index contributed by atoms with van der Waals surface area (Å²) in [6.45, 7) is 8.45. The van der Waals surface area contributed by atoms with E-state index in [1.165, 1.54) is 0 Å². The maximum atomic E-state index is 12.2. The van der Waals surface area contributed by atoms with Gasteiger partial charge in [-0.3, -0.25) is 4.79 Å². The predicted octanol–water partition coefficient (Wildman–Crippen LogP) is 0.479. The lowest BCUT2D eigenvalue weighted by Crippen LogP contribution is -2.52. The van der Waals surface area contributed by atoms with Crippen LogP contribution in [0.15, 0.2) is 0 Å². The summed E-state index contributed by atoms with van der Waals surface area (Å²) in [4.78, 5) is 14.1. The van der Waals surface area contributed by atoms with Gasteiger partial charge < -0.3 is 15.0 Å². The van der Waals surface area contributed by atoms with Crippen molar-refractivity contribution in [3.05, 3.63) is 0 Å². The normalized spacial score (nSPS) is 36.1. The van der Waals surface area contributed by atoms with Crippen molar-refractivity contribution in [2.75, 3.05) is 32.8 Å². The van der Waals surface area contributed by atoms with E-state index in [2.05, 4.69) is 19.2 Å². The monoisotopic (exact) mass is 226 g/mol. The van der Waals surface area contributed by atoms with E-state index < -0.39 is 0 Å². The van der Waals surface area contributed by atoms with Gasteiger partial charge in [0.15, 0.2) is 0 Å². The molecule has 1 N–H and O–H groups in total. The molecule has 1 amide bonds. The molecule has 92 valence electrons. The molecule has 0 saturated carbocycles. The highest BCUT2D eigenvalue weighted by Crippen LogP contribution is 2.23. The first-order valence-electron chi connectivity index (χ1n) is 6.29. The molecule has 0 aromatic heterocycles. The van der Waals surface area contributed by atoms with Crippen LogP contribution in [0.5, 0.6) is 0 Å². The van der Waals surface area contributed by atoms with Gasteiger partial charge in [-0.2, -0.15) is 0 Å². The molecule has 2 aliphatic rings. The molecule has 4 heteroatoms. The lowest BCUT2D eigenvalue weighted by Gasteiger charge is -2.37. The van der Waals surface area contributed by atoms with Gasteiger partial charge in [0.2, 0.25) is 0 Å². The summed E-state index contributed by atoms with van der Waals surface area (Å²) in [5.41, 5.74) is 0. The summed E-state index contributed by atoms with van der Waals surface area (Å²) in [6, 6.07) is 0. The van der Waals surface area contributed by atoms with Gasteiger partial charge in [-0.05, 0) is 18.3 Å². The maximum Gasteiger partial charge on any atom is 0.253 e. The number of nitrogens with zero attached hydrogens (tertiary/aromatic N) is 1. The van der Waals surface area contributed by atoms with E-state index in [0.29, 0.717) is 19.1 Å². The molecule has 3 atom stereocenters. The van der Waals surface area contributed by atoms with Crippen molar-refractivity contribution < 1.29 is 9.53 Å². The molecule has 0 aromatic carbocycles. The number of likely N-dealkylation sites (tertiary alicyclic amines) is 1. The molecule has 2 saturated heterocycles. The first kappa shape index (κ1) is 11.9. The van der Waals surface area contributed by atoms with Crippen LogP contribution in [0.2, 0.25) is 0 Å². The van der Waals surface area contributed by atoms with Crippen molar-refractivity contribution in [3.8, 4) is 0 Å². The van der Waals surface area contributed by atoms with Crippen LogP contribution in [0.3, 0.4) is 0 Å².